The molecule has 1 aliphatic rings. The van der Waals surface area contributed by atoms with Crippen molar-refractivity contribution in [2.24, 2.45) is 0 Å². The lowest BCUT2D eigenvalue weighted by molar-refractivity contribution is -0.0353. The molecule has 0 spiro atoms. The molecule has 0 amide bonds. The molecule has 4 heteroatoms. The van der Waals surface area contributed by atoms with E-state index in [1.54, 1.807) is 36.4 Å². The van der Waals surface area contributed by atoms with Crippen molar-refractivity contribution >= 4 is 11.8 Å². The fourth-order valence-electron chi connectivity index (χ4n) is 3.49. The number of benzene rings is 2. The lowest BCUT2D eigenvalue weighted by atomic mass is 9.83. The van der Waals surface area contributed by atoms with Gasteiger partial charge in [-0.05, 0) is 25.1 Å². The fraction of sp³-hybridized carbons (Fsp3) is 0.364. The lowest BCUT2D eigenvalue weighted by Crippen LogP contribution is -2.52. The molecule has 0 aromatic heterocycles. The molecule has 1 saturated heterocycles. The van der Waals surface area contributed by atoms with Gasteiger partial charge in [0.15, 0.2) is 5.60 Å². The highest BCUT2D eigenvalue weighted by molar-refractivity contribution is 6.04. The Morgan fingerprint density at radius 1 is 0.962 bits per heavy atom. The second kappa shape index (κ2) is 8.28. The van der Waals surface area contributed by atoms with Gasteiger partial charge < -0.3 is 9.64 Å². The quantitative estimate of drug-likeness (QED) is 0.580. The molecule has 3 rings (SSSR count). The largest absolute Gasteiger partial charge is 1.00 e. The van der Waals surface area contributed by atoms with Crippen LogP contribution in [0, 0.1) is 0 Å². The van der Waals surface area contributed by atoms with Crippen LogP contribution in [0.15, 0.2) is 60.7 Å². The molecule has 0 aliphatic carbocycles. The summed E-state index contributed by atoms with van der Waals surface area (Å²) in [5.41, 5.74) is -0.0144. The number of nitrogens with zero attached hydrogens (tertiary/aromatic N) is 1. The van der Waals surface area contributed by atoms with Crippen LogP contribution in [0.4, 0.5) is 0 Å². The fourth-order valence-corrected chi connectivity index (χ4v) is 3.49. The molecule has 0 radical (unpaired) electrons. The zero-order chi connectivity index (χ0) is 18.4. The molecule has 26 heavy (non-hydrogen) atoms. The Morgan fingerprint density at radius 2 is 1.50 bits per heavy atom. The average Bonchev–Trinajstić information content (AvgIpc) is 2.70. The Morgan fingerprint density at radius 3 is 2.04 bits per heavy atom. The van der Waals surface area contributed by atoms with Crippen molar-refractivity contribution in [2.75, 3.05) is 19.6 Å². The molecule has 136 valence electrons. The SMILES string of the molecule is CCCN1CCC(OC(=O)c2ccccc2)(C(=O)c2ccccc2)CC1.[H+]. The van der Waals surface area contributed by atoms with Crippen molar-refractivity contribution in [1.29, 1.82) is 0 Å². The van der Waals surface area contributed by atoms with Crippen LogP contribution in [0.5, 0.6) is 0 Å². The molecule has 2 aromatic carbocycles. The number of ketones is 1. The van der Waals surface area contributed by atoms with Crippen molar-refractivity contribution in [3.63, 3.8) is 0 Å². The van der Waals surface area contributed by atoms with Crippen LogP contribution in [0.25, 0.3) is 0 Å². The summed E-state index contributed by atoms with van der Waals surface area (Å²) in [5.74, 6) is -0.530. The number of likely N-dealkylation sites (tertiary alicyclic amines) is 1. The van der Waals surface area contributed by atoms with E-state index in [0.29, 0.717) is 24.0 Å². The van der Waals surface area contributed by atoms with E-state index in [4.69, 9.17) is 4.74 Å². The number of carbonyl (C=O) groups excluding carboxylic acids is 2. The Bertz CT molecular complexity index is 741. The van der Waals surface area contributed by atoms with E-state index in [-0.39, 0.29) is 7.21 Å². The van der Waals surface area contributed by atoms with Gasteiger partial charge in [0.2, 0.25) is 5.78 Å². The number of hydrogen-bond donors (Lipinski definition) is 0. The number of piperidine rings is 1. The summed E-state index contributed by atoms with van der Waals surface area (Å²) < 4.78 is 5.89. The number of rotatable bonds is 6. The average molecular weight is 352 g/mol. The predicted molar refractivity (Wildman–Crippen MR) is 102 cm³/mol. The van der Waals surface area contributed by atoms with E-state index in [2.05, 4.69) is 11.8 Å². The van der Waals surface area contributed by atoms with Crippen molar-refractivity contribution in [2.45, 2.75) is 31.8 Å². The molecular formula is C22H26NO3+. The van der Waals surface area contributed by atoms with E-state index in [1.165, 1.54) is 0 Å². The third-order valence-corrected chi connectivity index (χ3v) is 4.95. The third-order valence-electron chi connectivity index (χ3n) is 4.95. The highest BCUT2D eigenvalue weighted by Crippen LogP contribution is 2.31. The Labute approximate surface area is 156 Å². The van der Waals surface area contributed by atoms with Crippen LogP contribution in [0.3, 0.4) is 0 Å². The Balaban J connectivity index is 0.00000261. The standard InChI is InChI=1S/C22H25NO3/c1-2-15-23-16-13-22(14-17-23,20(24)18-9-5-3-6-10-18)26-21(25)19-11-7-4-8-12-19/h3-12H,2,13-17H2,1H3/p+1. The highest BCUT2D eigenvalue weighted by atomic mass is 16.6. The van der Waals surface area contributed by atoms with Crippen LogP contribution >= 0.6 is 0 Å². The van der Waals surface area contributed by atoms with Crippen molar-refractivity contribution in [3.05, 3.63) is 71.8 Å². The maximum atomic E-state index is 13.3. The monoisotopic (exact) mass is 352 g/mol. The first-order valence-corrected chi connectivity index (χ1v) is 9.25. The van der Waals surface area contributed by atoms with Crippen molar-refractivity contribution in [3.8, 4) is 0 Å². The first kappa shape index (κ1) is 18.3. The van der Waals surface area contributed by atoms with Crippen LogP contribution in [0.1, 0.15) is 48.3 Å². The molecule has 0 atom stereocenters. The van der Waals surface area contributed by atoms with Crippen molar-refractivity contribution < 1.29 is 15.8 Å². The zero-order valence-corrected chi connectivity index (χ0v) is 15.2. The van der Waals surface area contributed by atoms with Crippen LogP contribution in [0.2, 0.25) is 0 Å². The second-order valence-electron chi connectivity index (χ2n) is 6.79. The molecule has 2 aromatic rings. The molecule has 0 N–H and O–H groups in total. The highest BCUT2D eigenvalue weighted by Gasteiger charge is 2.45. The van der Waals surface area contributed by atoms with Crippen LogP contribution in [-0.2, 0) is 4.74 Å². The van der Waals surface area contributed by atoms with Gasteiger partial charge in [-0.15, -0.1) is 0 Å². The van der Waals surface area contributed by atoms with E-state index in [1.807, 2.05) is 24.3 Å². The number of esters is 1. The molecule has 0 unspecified atom stereocenters. The summed E-state index contributed by atoms with van der Waals surface area (Å²) in [7, 11) is 0. The minimum atomic E-state index is -1.08. The van der Waals surface area contributed by atoms with Gasteiger partial charge >= 0.3 is 7.40 Å². The van der Waals surface area contributed by atoms with Gasteiger partial charge in [0.1, 0.15) is 0 Å². The lowest BCUT2D eigenvalue weighted by Gasteiger charge is -2.40. The summed E-state index contributed by atoms with van der Waals surface area (Å²) in [6.07, 6.45) is 2.13. The summed E-state index contributed by atoms with van der Waals surface area (Å²) in [6, 6.07) is 18.0. The van der Waals surface area contributed by atoms with E-state index in [0.717, 1.165) is 26.1 Å². The topological polar surface area (TPSA) is 46.6 Å². The second-order valence-corrected chi connectivity index (χ2v) is 6.79. The predicted octanol–water partition coefficient (Wildman–Crippen LogP) is 4.08. The minimum Gasteiger partial charge on any atom is -0.447 e. The first-order chi connectivity index (χ1) is 12.6. The molecule has 1 heterocycles. The molecule has 0 saturated carbocycles. The summed E-state index contributed by atoms with van der Waals surface area (Å²) in [5, 5.41) is 0. The molecule has 1 aliphatic heterocycles. The van der Waals surface area contributed by atoms with E-state index >= 15 is 0 Å². The Hall–Kier alpha value is -2.46. The molecule has 4 nitrogen and oxygen atoms in total. The van der Waals surface area contributed by atoms with Crippen LogP contribution in [-0.4, -0.2) is 41.9 Å². The van der Waals surface area contributed by atoms with Gasteiger partial charge in [-0.1, -0.05) is 55.5 Å². The van der Waals surface area contributed by atoms with Gasteiger partial charge in [0.05, 0.1) is 5.56 Å². The third kappa shape index (κ3) is 4.02. The minimum absolute atomic E-state index is 0. The normalized spacial score (nSPS) is 16.8. The van der Waals surface area contributed by atoms with Gasteiger partial charge in [-0.3, -0.25) is 4.79 Å². The molecular weight excluding hydrogens is 326 g/mol. The number of Topliss-reactive ketones (excluding diaryl/α,β-unsaturated/α-hetero) is 1. The summed E-state index contributed by atoms with van der Waals surface area (Å²) in [6.45, 7) is 4.66. The maximum Gasteiger partial charge on any atom is 1.00 e. The first-order valence-electron chi connectivity index (χ1n) is 9.25. The Kier molecular flexibility index (Phi) is 5.84. The van der Waals surface area contributed by atoms with E-state index in [9.17, 15) is 9.59 Å². The summed E-state index contributed by atoms with van der Waals surface area (Å²) >= 11 is 0. The van der Waals surface area contributed by atoms with Gasteiger partial charge in [-0.2, -0.15) is 0 Å². The summed E-state index contributed by atoms with van der Waals surface area (Å²) in [4.78, 5) is 28.3. The zero-order valence-electron chi connectivity index (χ0n) is 16.2. The van der Waals surface area contributed by atoms with Gasteiger partial charge in [0, 0.05) is 31.5 Å². The van der Waals surface area contributed by atoms with Crippen LogP contribution < -0.4 is 0 Å². The van der Waals surface area contributed by atoms with Gasteiger partial charge in [0.25, 0.3) is 0 Å². The van der Waals surface area contributed by atoms with Crippen molar-refractivity contribution in [1.82, 2.24) is 4.90 Å². The van der Waals surface area contributed by atoms with Gasteiger partial charge in [-0.25, -0.2) is 4.79 Å². The smallest absolute Gasteiger partial charge is 0.447 e. The number of hydrogen-bond acceptors (Lipinski definition) is 4. The number of ether oxygens (including phenoxy) is 1. The van der Waals surface area contributed by atoms with E-state index < -0.39 is 11.6 Å². The molecule has 1 fully saturated rings. The molecule has 0 bridgehead atoms. The number of carbonyl (C=O) groups is 2. The maximum absolute atomic E-state index is 13.3.